The first-order chi connectivity index (χ1) is 7.85. The summed E-state index contributed by atoms with van der Waals surface area (Å²) >= 11 is 1.87. The number of hydrogen-bond acceptors (Lipinski definition) is 4. The molecule has 102 valence electrons. The molecule has 0 radical (unpaired) electrons. The SMILES string of the molecule is CSCC(C)N(C)CCCC(C)(C)C(N)=NO. The van der Waals surface area contributed by atoms with Gasteiger partial charge in [0.25, 0.3) is 0 Å². The number of amidine groups is 1. The van der Waals surface area contributed by atoms with E-state index >= 15 is 0 Å². The summed E-state index contributed by atoms with van der Waals surface area (Å²) in [5.41, 5.74) is 5.43. The van der Waals surface area contributed by atoms with Gasteiger partial charge in [0.1, 0.15) is 5.84 Å². The number of rotatable bonds is 8. The average Bonchev–Trinajstić information content (AvgIpc) is 2.27. The lowest BCUT2D eigenvalue weighted by Gasteiger charge is -2.27. The molecule has 0 aliphatic carbocycles. The Morgan fingerprint density at radius 2 is 2.12 bits per heavy atom. The average molecular weight is 261 g/mol. The fourth-order valence-electron chi connectivity index (χ4n) is 1.62. The molecule has 0 heterocycles. The number of nitrogens with two attached hydrogens (primary N) is 1. The zero-order chi connectivity index (χ0) is 13.5. The first-order valence-corrected chi connectivity index (χ1v) is 7.41. The molecule has 1 unspecified atom stereocenters. The third-order valence-corrected chi connectivity index (χ3v) is 4.09. The molecule has 0 fully saturated rings. The molecule has 0 aromatic rings. The highest BCUT2D eigenvalue weighted by Gasteiger charge is 2.23. The Balaban J connectivity index is 3.98. The maximum atomic E-state index is 8.69. The molecule has 4 nitrogen and oxygen atoms in total. The zero-order valence-corrected chi connectivity index (χ0v) is 12.5. The fourth-order valence-corrected chi connectivity index (χ4v) is 2.36. The van der Waals surface area contributed by atoms with Crippen molar-refractivity contribution in [1.82, 2.24) is 4.90 Å². The Hall–Kier alpha value is -0.420. The van der Waals surface area contributed by atoms with Crippen LogP contribution in [0.15, 0.2) is 5.16 Å². The van der Waals surface area contributed by atoms with Gasteiger partial charge in [0.05, 0.1) is 0 Å². The van der Waals surface area contributed by atoms with Crippen molar-refractivity contribution < 1.29 is 5.21 Å². The monoisotopic (exact) mass is 261 g/mol. The second-order valence-electron chi connectivity index (χ2n) is 5.26. The summed E-state index contributed by atoms with van der Waals surface area (Å²) in [5.74, 6) is 1.47. The Kier molecular flexibility index (Phi) is 7.63. The first kappa shape index (κ1) is 16.6. The lowest BCUT2D eigenvalue weighted by atomic mass is 9.86. The fraction of sp³-hybridized carbons (Fsp3) is 0.917. The number of thioether (sulfide) groups is 1. The number of oxime groups is 1. The van der Waals surface area contributed by atoms with Gasteiger partial charge in [-0.1, -0.05) is 19.0 Å². The van der Waals surface area contributed by atoms with Crippen LogP contribution in [0.2, 0.25) is 0 Å². The summed E-state index contributed by atoms with van der Waals surface area (Å²) in [6.45, 7) is 7.30. The van der Waals surface area contributed by atoms with Crippen molar-refractivity contribution in [1.29, 1.82) is 0 Å². The summed E-state index contributed by atoms with van der Waals surface area (Å²) in [7, 11) is 2.15. The molecule has 5 heteroatoms. The van der Waals surface area contributed by atoms with E-state index in [4.69, 9.17) is 10.9 Å². The normalized spacial score (nSPS) is 15.3. The first-order valence-electron chi connectivity index (χ1n) is 6.02. The Morgan fingerprint density at radius 1 is 1.53 bits per heavy atom. The molecular formula is C12H27N3OS. The third-order valence-electron chi connectivity index (χ3n) is 3.27. The standard InChI is InChI=1S/C12H27N3OS/c1-10(9-17-5)15(4)8-6-7-12(2,3)11(13)14-16/h10,16H,6-9H2,1-5H3,(H2,13,14). The van der Waals surface area contributed by atoms with Crippen LogP contribution in [-0.4, -0.2) is 47.6 Å². The van der Waals surface area contributed by atoms with Gasteiger partial charge in [-0.05, 0) is 39.6 Å². The third kappa shape index (κ3) is 6.17. The van der Waals surface area contributed by atoms with Crippen LogP contribution in [0.25, 0.3) is 0 Å². The number of nitrogens with zero attached hydrogens (tertiary/aromatic N) is 2. The summed E-state index contributed by atoms with van der Waals surface area (Å²) in [4.78, 5) is 2.36. The van der Waals surface area contributed by atoms with Crippen LogP contribution >= 0.6 is 11.8 Å². The molecule has 0 aromatic heterocycles. The van der Waals surface area contributed by atoms with E-state index in [0.717, 1.165) is 25.1 Å². The van der Waals surface area contributed by atoms with E-state index in [1.54, 1.807) is 0 Å². The maximum Gasteiger partial charge on any atom is 0.144 e. The summed E-state index contributed by atoms with van der Waals surface area (Å²) in [5, 5.41) is 11.8. The highest BCUT2D eigenvalue weighted by atomic mass is 32.2. The van der Waals surface area contributed by atoms with Crippen LogP contribution in [0.3, 0.4) is 0 Å². The van der Waals surface area contributed by atoms with Crippen LogP contribution in [0.1, 0.15) is 33.6 Å². The molecule has 0 aromatic carbocycles. The van der Waals surface area contributed by atoms with Crippen LogP contribution < -0.4 is 5.73 Å². The topological polar surface area (TPSA) is 61.8 Å². The molecule has 17 heavy (non-hydrogen) atoms. The van der Waals surface area contributed by atoms with E-state index in [1.165, 1.54) is 0 Å². The van der Waals surface area contributed by atoms with E-state index < -0.39 is 0 Å². The smallest absolute Gasteiger partial charge is 0.144 e. The van der Waals surface area contributed by atoms with Crippen LogP contribution in [-0.2, 0) is 0 Å². The Bertz CT molecular complexity index is 244. The minimum absolute atomic E-state index is 0.224. The molecule has 0 aliphatic heterocycles. The Labute approximate surface area is 110 Å². The molecule has 1 atom stereocenters. The molecule has 0 aliphatic rings. The highest BCUT2D eigenvalue weighted by Crippen LogP contribution is 2.22. The van der Waals surface area contributed by atoms with Gasteiger partial charge >= 0.3 is 0 Å². The number of hydrogen-bond donors (Lipinski definition) is 2. The molecule has 0 bridgehead atoms. The second kappa shape index (κ2) is 7.82. The molecule has 0 spiro atoms. The summed E-state index contributed by atoms with van der Waals surface area (Å²) < 4.78 is 0. The Morgan fingerprint density at radius 3 is 2.59 bits per heavy atom. The summed E-state index contributed by atoms with van der Waals surface area (Å²) in [6.07, 6.45) is 4.11. The van der Waals surface area contributed by atoms with Crippen molar-refractivity contribution in [3.8, 4) is 0 Å². The second-order valence-corrected chi connectivity index (χ2v) is 6.17. The zero-order valence-electron chi connectivity index (χ0n) is 11.7. The molecule has 3 N–H and O–H groups in total. The molecule has 0 saturated heterocycles. The lowest BCUT2D eigenvalue weighted by Crippen LogP contribution is -2.35. The van der Waals surface area contributed by atoms with Gasteiger partial charge in [0, 0.05) is 17.2 Å². The van der Waals surface area contributed by atoms with E-state index in [1.807, 2.05) is 25.6 Å². The van der Waals surface area contributed by atoms with Crippen LogP contribution in [0.5, 0.6) is 0 Å². The van der Waals surface area contributed by atoms with Gasteiger partial charge in [-0.2, -0.15) is 11.8 Å². The van der Waals surface area contributed by atoms with E-state index in [9.17, 15) is 0 Å². The molecular weight excluding hydrogens is 234 g/mol. The van der Waals surface area contributed by atoms with Crippen molar-refractivity contribution in [3.63, 3.8) is 0 Å². The molecule has 0 amide bonds. The van der Waals surface area contributed by atoms with Crippen LogP contribution in [0.4, 0.5) is 0 Å². The van der Waals surface area contributed by atoms with Crippen molar-refractivity contribution in [3.05, 3.63) is 0 Å². The largest absolute Gasteiger partial charge is 0.409 e. The molecule has 0 rings (SSSR count). The minimum atomic E-state index is -0.224. The van der Waals surface area contributed by atoms with E-state index in [-0.39, 0.29) is 5.41 Å². The van der Waals surface area contributed by atoms with E-state index in [0.29, 0.717) is 11.9 Å². The van der Waals surface area contributed by atoms with Gasteiger partial charge in [0.2, 0.25) is 0 Å². The van der Waals surface area contributed by atoms with Gasteiger partial charge in [-0.25, -0.2) is 0 Å². The van der Waals surface area contributed by atoms with Gasteiger partial charge < -0.3 is 15.8 Å². The predicted molar refractivity (Wildman–Crippen MR) is 76.9 cm³/mol. The molecule has 0 saturated carbocycles. The van der Waals surface area contributed by atoms with Gasteiger partial charge in [-0.3, -0.25) is 0 Å². The van der Waals surface area contributed by atoms with Gasteiger partial charge in [0.15, 0.2) is 0 Å². The summed E-state index contributed by atoms with van der Waals surface area (Å²) in [6, 6.07) is 0.594. The van der Waals surface area contributed by atoms with E-state index in [2.05, 4.69) is 30.3 Å². The maximum absolute atomic E-state index is 8.69. The quantitative estimate of drug-likeness (QED) is 0.304. The highest BCUT2D eigenvalue weighted by molar-refractivity contribution is 7.98. The van der Waals surface area contributed by atoms with Crippen molar-refractivity contribution in [2.24, 2.45) is 16.3 Å². The van der Waals surface area contributed by atoms with Crippen LogP contribution in [0, 0.1) is 5.41 Å². The lowest BCUT2D eigenvalue weighted by molar-refractivity contribution is 0.257. The van der Waals surface area contributed by atoms with Crippen molar-refractivity contribution in [2.75, 3.05) is 25.6 Å². The van der Waals surface area contributed by atoms with Gasteiger partial charge in [-0.15, -0.1) is 0 Å². The van der Waals surface area contributed by atoms with Crippen molar-refractivity contribution >= 4 is 17.6 Å². The predicted octanol–water partition coefficient (Wildman–Crippen LogP) is 2.22. The minimum Gasteiger partial charge on any atom is -0.409 e. The van der Waals surface area contributed by atoms with Crippen molar-refractivity contribution in [2.45, 2.75) is 39.7 Å².